The molecule has 0 aliphatic carbocycles. The lowest BCUT2D eigenvalue weighted by Gasteiger charge is -2.29. The SMILES string of the molecule is Cc1ccc(OC2CN(C)Cc3occc32)cc1C.Cl. The highest BCUT2D eigenvalue weighted by Gasteiger charge is 2.27. The van der Waals surface area contributed by atoms with E-state index in [0.29, 0.717) is 0 Å². The number of aryl methyl sites for hydroxylation is 2. The number of benzene rings is 1. The molecule has 0 saturated carbocycles. The van der Waals surface area contributed by atoms with Crippen LogP contribution in [-0.2, 0) is 6.54 Å². The second-order valence-corrected chi connectivity index (χ2v) is 5.35. The quantitative estimate of drug-likeness (QED) is 0.840. The summed E-state index contributed by atoms with van der Waals surface area (Å²) in [5.74, 6) is 1.94. The molecule has 1 unspecified atom stereocenters. The van der Waals surface area contributed by atoms with Gasteiger partial charge < -0.3 is 9.15 Å². The van der Waals surface area contributed by atoms with Crippen LogP contribution in [0.1, 0.15) is 28.6 Å². The summed E-state index contributed by atoms with van der Waals surface area (Å²) < 4.78 is 11.7. The highest BCUT2D eigenvalue weighted by atomic mass is 35.5. The van der Waals surface area contributed by atoms with Gasteiger partial charge in [-0.15, -0.1) is 12.4 Å². The lowest BCUT2D eigenvalue weighted by atomic mass is 10.1. The normalized spacial score (nSPS) is 18.2. The van der Waals surface area contributed by atoms with E-state index < -0.39 is 0 Å². The minimum atomic E-state index is 0. The molecule has 0 saturated heterocycles. The standard InChI is InChI=1S/C16H19NO2.ClH/c1-11-4-5-13(8-12(11)2)19-16-10-17(3)9-15-14(16)6-7-18-15;/h4-8,16H,9-10H2,1-3H3;1H. The van der Waals surface area contributed by atoms with Crippen LogP contribution >= 0.6 is 12.4 Å². The first-order valence-corrected chi connectivity index (χ1v) is 6.62. The Hall–Kier alpha value is -1.45. The first-order valence-electron chi connectivity index (χ1n) is 6.62. The molecule has 2 heterocycles. The zero-order chi connectivity index (χ0) is 13.4. The van der Waals surface area contributed by atoms with Crippen molar-refractivity contribution in [3.63, 3.8) is 0 Å². The van der Waals surface area contributed by atoms with Gasteiger partial charge in [-0.05, 0) is 50.2 Å². The molecule has 0 spiro atoms. The van der Waals surface area contributed by atoms with Gasteiger partial charge in [0.25, 0.3) is 0 Å². The molecule has 2 aromatic rings. The molecule has 0 bridgehead atoms. The summed E-state index contributed by atoms with van der Waals surface area (Å²) in [6.07, 6.45) is 1.80. The Labute approximate surface area is 125 Å². The minimum absolute atomic E-state index is 0. The number of nitrogens with zero attached hydrogens (tertiary/aromatic N) is 1. The smallest absolute Gasteiger partial charge is 0.140 e. The third-order valence-electron chi connectivity index (χ3n) is 3.77. The molecule has 1 aliphatic heterocycles. The fraction of sp³-hybridized carbons (Fsp3) is 0.375. The van der Waals surface area contributed by atoms with Crippen LogP contribution in [0.25, 0.3) is 0 Å². The zero-order valence-corrected chi connectivity index (χ0v) is 12.9. The highest BCUT2D eigenvalue weighted by molar-refractivity contribution is 5.85. The van der Waals surface area contributed by atoms with Crippen molar-refractivity contribution in [2.75, 3.05) is 13.6 Å². The Bertz CT molecular complexity index is 594. The Balaban J connectivity index is 0.00000147. The molecule has 0 amide bonds. The van der Waals surface area contributed by atoms with Crippen molar-refractivity contribution in [1.29, 1.82) is 0 Å². The van der Waals surface area contributed by atoms with E-state index in [4.69, 9.17) is 9.15 Å². The third-order valence-corrected chi connectivity index (χ3v) is 3.77. The van der Waals surface area contributed by atoms with E-state index in [1.165, 1.54) is 16.7 Å². The Morgan fingerprint density at radius 1 is 1.20 bits per heavy atom. The maximum Gasteiger partial charge on any atom is 0.140 e. The molecular weight excluding hydrogens is 274 g/mol. The van der Waals surface area contributed by atoms with Crippen molar-refractivity contribution in [3.8, 4) is 5.75 Å². The van der Waals surface area contributed by atoms with Crippen LogP contribution in [0.3, 0.4) is 0 Å². The molecule has 20 heavy (non-hydrogen) atoms. The number of likely N-dealkylation sites (N-methyl/N-ethyl adjacent to an activating group) is 1. The summed E-state index contributed by atoms with van der Waals surface area (Å²) >= 11 is 0. The van der Waals surface area contributed by atoms with Crippen LogP contribution in [0.5, 0.6) is 5.75 Å². The van der Waals surface area contributed by atoms with Gasteiger partial charge >= 0.3 is 0 Å². The van der Waals surface area contributed by atoms with Gasteiger partial charge in [0.1, 0.15) is 17.6 Å². The van der Waals surface area contributed by atoms with Crippen molar-refractivity contribution in [3.05, 3.63) is 53.0 Å². The Morgan fingerprint density at radius 2 is 2.00 bits per heavy atom. The Morgan fingerprint density at radius 3 is 2.75 bits per heavy atom. The fourth-order valence-electron chi connectivity index (χ4n) is 2.51. The molecule has 1 aromatic heterocycles. The lowest BCUT2D eigenvalue weighted by Crippen LogP contribution is -2.32. The molecule has 1 atom stereocenters. The number of furan rings is 1. The van der Waals surface area contributed by atoms with Crippen LogP contribution in [-0.4, -0.2) is 18.5 Å². The summed E-state index contributed by atoms with van der Waals surface area (Å²) in [6, 6.07) is 8.27. The van der Waals surface area contributed by atoms with Crippen LogP contribution in [0.15, 0.2) is 34.9 Å². The summed E-state index contributed by atoms with van der Waals surface area (Å²) in [6.45, 7) is 5.97. The van der Waals surface area contributed by atoms with Crippen molar-refractivity contribution in [1.82, 2.24) is 4.90 Å². The molecule has 0 fully saturated rings. The first kappa shape index (κ1) is 14.9. The zero-order valence-electron chi connectivity index (χ0n) is 12.1. The number of fused-ring (bicyclic) bond motifs is 1. The van der Waals surface area contributed by atoms with Gasteiger partial charge in [-0.2, -0.15) is 0 Å². The lowest BCUT2D eigenvalue weighted by molar-refractivity contribution is 0.120. The van der Waals surface area contributed by atoms with Crippen LogP contribution in [0.2, 0.25) is 0 Å². The first-order chi connectivity index (χ1) is 9.13. The van der Waals surface area contributed by atoms with E-state index in [9.17, 15) is 0 Å². The van der Waals surface area contributed by atoms with Crippen molar-refractivity contribution in [2.45, 2.75) is 26.5 Å². The van der Waals surface area contributed by atoms with E-state index in [0.717, 1.165) is 24.6 Å². The van der Waals surface area contributed by atoms with E-state index in [1.807, 2.05) is 12.1 Å². The van der Waals surface area contributed by atoms with E-state index in [2.05, 4.69) is 37.9 Å². The number of ether oxygens (including phenoxy) is 1. The second kappa shape index (κ2) is 5.90. The Kier molecular flexibility index (Phi) is 4.41. The second-order valence-electron chi connectivity index (χ2n) is 5.35. The van der Waals surface area contributed by atoms with Gasteiger partial charge in [0.15, 0.2) is 0 Å². The molecule has 1 aromatic carbocycles. The fourth-order valence-corrected chi connectivity index (χ4v) is 2.51. The molecular formula is C16H20ClNO2. The number of halogens is 1. The number of rotatable bonds is 2. The van der Waals surface area contributed by atoms with Crippen LogP contribution in [0.4, 0.5) is 0 Å². The van der Waals surface area contributed by atoms with Gasteiger partial charge in [0.2, 0.25) is 0 Å². The van der Waals surface area contributed by atoms with Crippen LogP contribution in [0, 0.1) is 13.8 Å². The molecule has 0 N–H and O–H groups in total. The molecule has 108 valence electrons. The highest BCUT2D eigenvalue weighted by Crippen LogP contribution is 2.31. The topological polar surface area (TPSA) is 25.6 Å². The molecule has 0 radical (unpaired) electrons. The number of hydrogen-bond acceptors (Lipinski definition) is 3. The average Bonchev–Trinajstić information content (AvgIpc) is 2.82. The van der Waals surface area contributed by atoms with Crippen molar-refractivity contribution >= 4 is 12.4 Å². The molecule has 4 heteroatoms. The monoisotopic (exact) mass is 293 g/mol. The van der Waals surface area contributed by atoms with E-state index >= 15 is 0 Å². The summed E-state index contributed by atoms with van der Waals surface area (Å²) in [7, 11) is 2.09. The van der Waals surface area contributed by atoms with Crippen molar-refractivity contribution in [2.24, 2.45) is 0 Å². The van der Waals surface area contributed by atoms with Gasteiger partial charge in [-0.25, -0.2) is 0 Å². The predicted molar refractivity (Wildman–Crippen MR) is 81.6 cm³/mol. The summed E-state index contributed by atoms with van der Waals surface area (Å²) in [5.41, 5.74) is 3.72. The van der Waals surface area contributed by atoms with Gasteiger partial charge in [0, 0.05) is 12.1 Å². The van der Waals surface area contributed by atoms with E-state index in [1.54, 1.807) is 6.26 Å². The van der Waals surface area contributed by atoms with Crippen molar-refractivity contribution < 1.29 is 9.15 Å². The number of hydrogen-bond donors (Lipinski definition) is 0. The molecule has 3 nitrogen and oxygen atoms in total. The molecule has 1 aliphatic rings. The van der Waals surface area contributed by atoms with Gasteiger partial charge in [0.05, 0.1) is 12.8 Å². The maximum absolute atomic E-state index is 6.14. The average molecular weight is 294 g/mol. The maximum atomic E-state index is 6.14. The largest absolute Gasteiger partial charge is 0.484 e. The molecule has 3 rings (SSSR count). The van der Waals surface area contributed by atoms with E-state index in [-0.39, 0.29) is 18.5 Å². The third kappa shape index (κ3) is 2.84. The van der Waals surface area contributed by atoms with Gasteiger partial charge in [-0.1, -0.05) is 6.07 Å². The summed E-state index contributed by atoms with van der Waals surface area (Å²) in [4.78, 5) is 2.22. The minimum Gasteiger partial charge on any atom is -0.484 e. The predicted octanol–water partition coefficient (Wildman–Crippen LogP) is 3.88. The van der Waals surface area contributed by atoms with Crippen LogP contribution < -0.4 is 4.74 Å². The summed E-state index contributed by atoms with van der Waals surface area (Å²) in [5, 5.41) is 0. The van der Waals surface area contributed by atoms with Gasteiger partial charge in [-0.3, -0.25) is 4.90 Å².